The molecule has 0 atom stereocenters. The summed E-state index contributed by atoms with van der Waals surface area (Å²) < 4.78 is 5.27. The molecule has 0 spiro atoms. The normalized spacial score (nSPS) is 18.4. The highest BCUT2D eigenvalue weighted by molar-refractivity contribution is 5.37. The van der Waals surface area contributed by atoms with Gasteiger partial charge in [0.1, 0.15) is 11.9 Å². The fraction of sp³-hybridized carbons (Fsp3) is 0.545. The van der Waals surface area contributed by atoms with Gasteiger partial charge < -0.3 is 15.2 Å². The molecule has 0 unspecified atom stereocenters. The number of aliphatic hydroxyl groups is 1. The van der Waals surface area contributed by atoms with Crippen molar-refractivity contribution in [1.29, 1.82) is 5.26 Å². The van der Waals surface area contributed by atoms with Crippen LogP contribution < -0.4 is 5.32 Å². The van der Waals surface area contributed by atoms with Crippen molar-refractivity contribution in [3.8, 4) is 6.07 Å². The van der Waals surface area contributed by atoms with E-state index in [1.54, 1.807) is 0 Å². The molecule has 1 aliphatic rings. The molecule has 0 radical (unpaired) electrons. The van der Waals surface area contributed by atoms with Crippen LogP contribution >= 0.6 is 0 Å². The fourth-order valence-corrected chi connectivity index (χ4v) is 1.81. The van der Waals surface area contributed by atoms with E-state index in [1.165, 1.54) is 12.4 Å². The molecule has 6 nitrogen and oxygen atoms in total. The Morgan fingerprint density at radius 2 is 2.18 bits per heavy atom. The van der Waals surface area contributed by atoms with Crippen LogP contribution in [0.15, 0.2) is 12.4 Å². The Bertz CT molecular complexity index is 406. The van der Waals surface area contributed by atoms with Crippen molar-refractivity contribution < 1.29 is 9.84 Å². The summed E-state index contributed by atoms with van der Waals surface area (Å²) in [6.45, 7) is 1.27. The average molecular weight is 234 g/mol. The number of rotatable bonds is 3. The van der Waals surface area contributed by atoms with E-state index in [2.05, 4.69) is 15.3 Å². The monoisotopic (exact) mass is 234 g/mol. The lowest BCUT2D eigenvalue weighted by molar-refractivity contribution is 0.0378. The van der Waals surface area contributed by atoms with Crippen LogP contribution in [-0.4, -0.2) is 40.4 Å². The quantitative estimate of drug-likeness (QED) is 0.781. The molecular formula is C11H14N4O2. The summed E-state index contributed by atoms with van der Waals surface area (Å²) in [5.41, 5.74) is -0.109. The zero-order valence-electron chi connectivity index (χ0n) is 9.39. The third-order valence-electron chi connectivity index (χ3n) is 2.91. The first-order valence-corrected chi connectivity index (χ1v) is 5.47. The van der Waals surface area contributed by atoms with Crippen LogP contribution in [0.2, 0.25) is 0 Å². The van der Waals surface area contributed by atoms with Gasteiger partial charge in [-0.3, -0.25) is 0 Å². The molecule has 1 aromatic rings. The highest BCUT2D eigenvalue weighted by atomic mass is 16.5. The predicted molar refractivity (Wildman–Crippen MR) is 60.2 cm³/mol. The average Bonchev–Trinajstić information content (AvgIpc) is 2.41. The summed E-state index contributed by atoms with van der Waals surface area (Å²) in [4.78, 5) is 8.02. The number of ether oxygens (including phenoxy) is 1. The van der Waals surface area contributed by atoms with Crippen molar-refractivity contribution >= 4 is 5.82 Å². The first-order valence-electron chi connectivity index (χ1n) is 5.47. The maximum atomic E-state index is 9.49. The molecule has 6 heteroatoms. The van der Waals surface area contributed by atoms with Crippen molar-refractivity contribution in [2.75, 3.05) is 25.1 Å². The van der Waals surface area contributed by atoms with Gasteiger partial charge in [-0.2, -0.15) is 5.26 Å². The Balaban J connectivity index is 2.09. The maximum absolute atomic E-state index is 9.49. The van der Waals surface area contributed by atoms with E-state index in [1.807, 2.05) is 6.07 Å². The van der Waals surface area contributed by atoms with Crippen molar-refractivity contribution in [3.05, 3.63) is 18.1 Å². The molecule has 90 valence electrons. The van der Waals surface area contributed by atoms with E-state index in [9.17, 15) is 5.11 Å². The largest absolute Gasteiger partial charge is 0.394 e. The number of hydrogen-bond acceptors (Lipinski definition) is 6. The molecule has 0 saturated carbocycles. The van der Waals surface area contributed by atoms with Crippen LogP contribution in [0, 0.1) is 11.3 Å². The molecule has 1 aliphatic heterocycles. The van der Waals surface area contributed by atoms with Gasteiger partial charge in [0.05, 0.1) is 24.5 Å². The Kier molecular flexibility index (Phi) is 3.52. The second kappa shape index (κ2) is 5.08. The second-order valence-electron chi connectivity index (χ2n) is 4.07. The molecule has 0 aliphatic carbocycles. The Morgan fingerprint density at radius 3 is 2.71 bits per heavy atom. The summed E-state index contributed by atoms with van der Waals surface area (Å²) in [6, 6.07) is 1.91. The van der Waals surface area contributed by atoms with Gasteiger partial charge in [0.25, 0.3) is 0 Å². The van der Waals surface area contributed by atoms with Crippen LogP contribution in [0.5, 0.6) is 0 Å². The van der Waals surface area contributed by atoms with E-state index in [4.69, 9.17) is 10.00 Å². The van der Waals surface area contributed by atoms with Gasteiger partial charge in [0, 0.05) is 13.2 Å². The van der Waals surface area contributed by atoms with Crippen LogP contribution in [0.3, 0.4) is 0 Å². The lowest BCUT2D eigenvalue weighted by Gasteiger charge is -2.36. The van der Waals surface area contributed by atoms with Crippen molar-refractivity contribution in [1.82, 2.24) is 9.97 Å². The summed E-state index contributed by atoms with van der Waals surface area (Å²) in [5.74, 6) is 0.569. The Hall–Kier alpha value is -1.71. The Morgan fingerprint density at radius 1 is 1.41 bits per heavy atom. The number of nitrogens with zero attached hydrogens (tertiary/aromatic N) is 3. The number of anilines is 1. The minimum atomic E-state index is -0.388. The number of nitriles is 1. The molecule has 2 heterocycles. The zero-order valence-corrected chi connectivity index (χ0v) is 9.39. The lowest BCUT2D eigenvalue weighted by atomic mass is 9.91. The SMILES string of the molecule is N#Cc1cnc(NC2(CO)CCOCC2)cn1. The zero-order chi connectivity index (χ0) is 12.1. The minimum Gasteiger partial charge on any atom is -0.394 e. The summed E-state index contributed by atoms with van der Waals surface area (Å²) >= 11 is 0. The third kappa shape index (κ3) is 2.70. The lowest BCUT2D eigenvalue weighted by Crippen LogP contribution is -2.47. The second-order valence-corrected chi connectivity index (χ2v) is 4.07. The molecule has 1 aromatic heterocycles. The van der Waals surface area contributed by atoms with Crippen LogP contribution in [-0.2, 0) is 4.74 Å². The molecule has 2 rings (SSSR count). The highest BCUT2D eigenvalue weighted by Crippen LogP contribution is 2.24. The smallest absolute Gasteiger partial charge is 0.158 e. The van der Waals surface area contributed by atoms with Gasteiger partial charge >= 0.3 is 0 Å². The number of hydrogen-bond donors (Lipinski definition) is 2. The van der Waals surface area contributed by atoms with Crippen molar-refractivity contribution in [2.45, 2.75) is 18.4 Å². The van der Waals surface area contributed by atoms with Gasteiger partial charge in [-0.25, -0.2) is 9.97 Å². The van der Waals surface area contributed by atoms with E-state index < -0.39 is 0 Å². The van der Waals surface area contributed by atoms with Gasteiger partial charge in [0.15, 0.2) is 5.69 Å². The third-order valence-corrected chi connectivity index (χ3v) is 2.91. The standard InChI is InChI=1S/C11H14N4O2/c12-5-9-6-14-10(7-13-9)15-11(8-16)1-3-17-4-2-11/h6-7,16H,1-4,8H2,(H,14,15). The molecule has 17 heavy (non-hydrogen) atoms. The van der Waals surface area contributed by atoms with Crippen LogP contribution in [0.4, 0.5) is 5.82 Å². The molecule has 2 N–H and O–H groups in total. The van der Waals surface area contributed by atoms with E-state index in [0.29, 0.717) is 19.0 Å². The van der Waals surface area contributed by atoms with Crippen LogP contribution in [0.25, 0.3) is 0 Å². The van der Waals surface area contributed by atoms with Gasteiger partial charge in [-0.1, -0.05) is 0 Å². The van der Waals surface area contributed by atoms with Gasteiger partial charge in [0.2, 0.25) is 0 Å². The van der Waals surface area contributed by atoms with Crippen molar-refractivity contribution in [2.24, 2.45) is 0 Å². The molecule has 1 fully saturated rings. The number of aromatic nitrogens is 2. The maximum Gasteiger partial charge on any atom is 0.158 e. The van der Waals surface area contributed by atoms with Gasteiger partial charge in [-0.15, -0.1) is 0 Å². The summed E-state index contributed by atoms with van der Waals surface area (Å²) in [7, 11) is 0. The fourth-order valence-electron chi connectivity index (χ4n) is 1.81. The summed E-state index contributed by atoms with van der Waals surface area (Å²) in [5, 5.41) is 21.3. The molecule has 0 bridgehead atoms. The van der Waals surface area contributed by atoms with E-state index in [0.717, 1.165) is 12.8 Å². The first kappa shape index (κ1) is 11.8. The molecule has 0 aromatic carbocycles. The van der Waals surface area contributed by atoms with E-state index >= 15 is 0 Å². The minimum absolute atomic E-state index is 0.0258. The first-order chi connectivity index (χ1) is 8.28. The number of nitrogens with one attached hydrogen (secondary N) is 1. The molecular weight excluding hydrogens is 220 g/mol. The topological polar surface area (TPSA) is 91.1 Å². The van der Waals surface area contributed by atoms with E-state index in [-0.39, 0.29) is 17.8 Å². The Labute approximate surface area is 99.3 Å². The molecule has 1 saturated heterocycles. The summed E-state index contributed by atoms with van der Waals surface area (Å²) in [6.07, 6.45) is 4.37. The van der Waals surface area contributed by atoms with Crippen LogP contribution in [0.1, 0.15) is 18.5 Å². The van der Waals surface area contributed by atoms with Crippen molar-refractivity contribution in [3.63, 3.8) is 0 Å². The van der Waals surface area contributed by atoms with Gasteiger partial charge in [-0.05, 0) is 12.8 Å². The number of aliphatic hydroxyl groups excluding tert-OH is 1. The predicted octanol–water partition coefficient (Wildman–Crippen LogP) is 0.302. The molecule has 0 amide bonds. The highest BCUT2D eigenvalue weighted by Gasteiger charge is 2.32.